The van der Waals surface area contributed by atoms with Crippen molar-refractivity contribution in [1.29, 1.82) is 0 Å². The topological polar surface area (TPSA) is 86.9 Å². The van der Waals surface area contributed by atoms with Crippen LogP contribution in [-0.2, 0) is 11.2 Å². The zero-order valence-corrected chi connectivity index (χ0v) is 21.3. The average Bonchev–Trinajstić information content (AvgIpc) is 3.36. The predicted octanol–water partition coefficient (Wildman–Crippen LogP) is 4.03. The molecule has 3 aromatic heterocycles. The standard InChI is InChI=1S/C28H29F3N6O2/c29-28(30,31)7-4-23(39)17-20-2-1-3-21(16-20)24-19-33-26-18-22(6-9-37(24)26)27-32-8-5-25(34-27)36-12-10-35(11-13-36)14-15-38/h1-3,5-6,8-9,16,18-19,38H,4,7,10-15,17H2. The Morgan fingerprint density at radius 2 is 1.82 bits per heavy atom. The number of carbonyl (C=O) groups is 1. The lowest BCUT2D eigenvalue weighted by molar-refractivity contribution is -0.143. The summed E-state index contributed by atoms with van der Waals surface area (Å²) in [5.74, 6) is 1.01. The quantitative estimate of drug-likeness (QED) is 0.344. The smallest absolute Gasteiger partial charge is 0.389 e. The third-order valence-corrected chi connectivity index (χ3v) is 6.84. The summed E-state index contributed by atoms with van der Waals surface area (Å²) in [5, 5.41) is 9.16. The molecule has 39 heavy (non-hydrogen) atoms. The molecule has 1 aliphatic heterocycles. The van der Waals surface area contributed by atoms with Gasteiger partial charge in [0.2, 0.25) is 0 Å². The summed E-state index contributed by atoms with van der Waals surface area (Å²) in [4.78, 5) is 30.3. The number of alkyl halides is 3. The molecule has 0 aliphatic carbocycles. The first-order chi connectivity index (χ1) is 18.8. The molecule has 4 aromatic rings. The van der Waals surface area contributed by atoms with Gasteiger partial charge in [0.15, 0.2) is 5.82 Å². The number of fused-ring (bicyclic) bond motifs is 1. The second-order valence-corrected chi connectivity index (χ2v) is 9.61. The van der Waals surface area contributed by atoms with Crippen LogP contribution in [0.15, 0.2) is 61.1 Å². The summed E-state index contributed by atoms with van der Waals surface area (Å²) >= 11 is 0. The minimum absolute atomic E-state index is 0.0467. The van der Waals surface area contributed by atoms with Gasteiger partial charge in [-0.25, -0.2) is 15.0 Å². The fourth-order valence-electron chi connectivity index (χ4n) is 4.78. The summed E-state index contributed by atoms with van der Waals surface area (Å²) in [6.45, 7) is 4.22. The van der Waals surface area contributed by atoms with Gasteiger partial charge in [-0.15, -0.1) is 0 Å². The fraction of sp³-hybridized carbons (Fsp3) is 0.357. The number of benzene rings is 1. The molecule has 1 aliphatic rings. The molecule has 1 fully saturated rings. The van der Waals surface area contributed by atoms with Gasteiger partial charge in [0.05, 0.1) is 24.9 Å². The molecule has 0 atom stereocenters. The summed E-state index contributed by atoms with van der Waals surface area (Å²) < 4.78 is 39.3. The number of imidazole rings is 1. The van der Waals surface area contributed by atoms with E-state index in [1.165, 1.54) is 0 Å². The zero-order valence-electron chi connectivity index (χ0n) is 21.3. The van der Waals surface area contributed by atoms with Crippen LogP contribution in [0.3, 0.4) is 0 Å². The number of rotatable bonds is 9. The Kier molecular flexibility index (Phi) is 7.89. The normalized spacial score (nSPS) is 14.7. The van der Waals surface area contributed by atoms with Crippen LogP contribution in [0.1, 0.15) is 18.4 Å². The summed E-state index contributed by atoms with van der Waals surface area (Å²) in [7, 11) is 0. The number of aliphatic hydroxyl groups is 1. The lowest BCUT2D eigenvalue weighted by Gasteiger charge is -2.35. The maximum Gasteiger partial charge on any atom is 0.389 e. The molecule has 0 spiro atoms. The van der Waals surface area contributed by atoms with Gasteiger partial charge < -0.3 is 10.0 Å². The number of hydrogen-bond donors (Lipinski definition) is 1. The number of carbonyl (C=O) groups excluding carboxylic acids is 1. The van der Waals surface area contributed by atoms with Crippen molar-refractivity contribution in [3.8, 4) is 22.6 Å². The van der Waals surface area contributed by atoms with Gasteiger partial charge >= 0.3 is 6.18 Å². The van der Waals surface area contributed by atoms with E-state index in [4.69, 9.17) is 10.1 Å². The number of Topliss-reactive ketones (excluding diaryl/α,β-unsaturated/α-hetero) is 1. The van der Waals surface area contributed by atoms with E-state index in [1.54, 1.807) is 24.5 Å². The van der Waals surface area contributed by atoms with Crippen molar-refractivity contribution in [2.24, 2.45) is 0 Å². The van der Waals surface area contributed by atoms with Crippen molar-refractivity contribution in [3.05, 3.63) is 66.6 Å². The molecule has 0 amide bonds. The first kappa shape index (κ1) is 26.8. The number of halogens is 3. The lowest BCUT2D eigenvalue weighted by atomic mass is 10.0. The van der Waals surface area contributed by atoms with Crippen molar-refractivity contribution in [3.63, 3.8) is 0 Å². The van der Waals surface area contributed by atoms with E-state index in [9.17, 15) is 18.0 Å². The van der Waals surface area contributed by atoms with Crippen molar-refractivity contribution >= 4 is 17.2 Å². The Bertz CT molecular complexity index is 1450. The number of aliphatic hydroxyl groups excluding tert-OH is 1. The molecule has 5 rings (SSSR count). The van der Waals surface area contributed by atoms with Crippen LogP contribution in [-0.4, -0.2) is 80.6 Å². The van der Waals surface area contributed by atoms with Crippen LogP contribution in [0.4, 0.5) is 19.0 Å². The Balaban J connectivity index is 1.32. The molecule has 0 saturated carbocycles. The minimum atomic E-state index is -4.34. The van der Waals surface area contributed by atoms with Crippen LogP contribution >= 0.6 is 0 Å². The van der Waals surface area contributed by atoms with Gasteiger partial charge in [-0.1, -0.05) is 18.2 Å². The number of nitrogens with zero attached hydrogens (tertiary/aromatic N) is 6. The molecule has 1 N–H and O–H groups in total. The van der Waals surface area contributed by atoms with Crippen LogP contribution in [0.2, 0.25) is 0 Å². The number of hydrogen-bond acceptors (Lipinski definition) is 7. The van der Waals surface area contributed by atoms with Crippen molar-refractivity contribution in [2.75, 3.05) is 44.2 Å². The van der Waals surface area contributed by atoms with Gasteiger partial charge in [0.25, 0.3) is 0 Å². The number of piperazine rings is 1. The lowest BCUT2D eigenvalue weighted by Crippen LogP contribution is -2.47. The molecule has 8 nitrogen and oxygen atoms in total. The first-order valence-corrected chi connectivity index (χ1v) is 12.9. The maximum absolute atomic E-state index is 12.5. The summed E-state index contributed by atoms with van der Waals surface area (Å²) in [6, 6.07) is 13.0. The number of anilines is 1. The minimum Gasteiger partial charge on any atom is -0.395 e. The van der Waals surface area contributed by atoms with Crippen molar-refractivity contribution < 1.29 is 23.1 Å². The van der Waals surface area contributed by atoms with E-state index in [0.717, 1.165) is 48.8 Å². The summed E-state index contributed by atoms with van der Waals surface area (Å²) in [6.07, 6.45) is -0.639. The van der Waals surface area contributed by atoms with E-state index in [2.05, 4.69) is 19.8 Å². The van der Waals surface area contributed by atoms with E-state index in [1.807, 2.05) is 40.9 Å². The molecule has 11 heteroatoms. The molecule has 0 bridgehead atoms. The monoisotopic (exact) mass is 538 g/mol. The van der Waals surface area contributed by atoms with Gasteiger partial charge in [0, 0.05) is 69.1 Å². The molecule has 204 valence electrons. The van der Waals surface area contributed by atoms with Crippen LogP contribution < -0.4 is 4.90 Å². The van der Waals surface area contributed by atoms with Crippen LogP contribution in [0.5, 0.6) is 0 Å². The number of aromatic nitrogens is 4. The molecular formula is C28H29F3N6O2. The van der Waals surface area contributed by atoms with Gasteiger partial charge in [-0.05, 0) is 29.8 Å². The van der Waals surface area contributed by atoms with Crippen molar-refractivity contribution in [1.82, 2.24) is 24.3 Å². The van der Waals surface area contributed by atoms with Crippen LogP contribution in [0, 0.1) is 0 Å². The molecule has 1 saturated heterocycles. The van der Waals surface area contributed by atoms with E-state index >= 15 is 0 Å². The van der Waals surface area contributed by atoms with E-state index < -0.39 is 24.8 Å². The second-order valence-electron chi connectivity index (χ2n) is 9.61. The highest BCUT2D eigenvalue weighted by atomic mass is 19.4. The fourth-order valence-corrected chi connectivity index (χ4v) is 4.78. The SMILES string of the molecule is O=C(CCC(F)(F)F)Cc1cccc(-c2cnc3cc(-c4nccc(N5CCN(CCO)CC5)n4)ccn23)c1. The Hall–Kier alpha value is -3.83. The van der Waals surface area contributed by atoms with E-state index in [-0.39, 0.29) is 13.0 Å². The van der Waals surface area contributed by atoms with Crippen LogP contribution in [0.25, 0.3) is 28.3 Å². The average molecular weight is 539 g/mol. The van der Waals surface area contributed by atoms with Gasteiger partial charge in [-0.2, -0.15) is 13.2 Å². The highest BCUT2D eigenvalue weighted by Crippen LogP contribution is 2.26. The maximum atomic E-state index is 12.5. The molecule has 0 unspecified atom stereocenters. The first-order valence-electron chi connectivity index (χ1n) is 12.9. The Morgan fingerprint density at radius 3 is 2.59 bits per heavy atom. The highest BCUT2D eigenvalue weighted by molar-refractivity contribution is 5.81. The van der Waals surface area contributed by atoms with Gasteiger partial charge in [-0.3, -0.25) is 14.1 Å². The van der Waals surface area contributed by atoms with Gasteiger partial charge in [0.1, 0.15) is 17.2 Å². The number of pyridine rings is 1. The number of ketones is 1. The predicted molar refractivity (Wildman–Crippen MR) is 141 cm³/mol. The third-order valence-electron chi connectivity index (χ3n) is 6.84. The molecule has 0 radical (unpaired) electrons. The second kappa shape index (κ2) is 11.5. The van der Waals surface area contributed by atoms with Crippen molar-refractivity contribution in [2.45, 2.75) is 25.4 Å². The number of β-amino-alcohol motifs (C(OH)–C–C–N with tert-alkyl or cyclic N) is 1. The summed E-state index contributed by atoms with van der Waals surface area (Å²) in [5.41, 5.74) is 3.80. The Morgan fingerprint density at radius 1 is 1.00 bits per heavy atom. The Labute approximate surface area is 223 Å². The highest BCUT2D eigenvalue weighted by Gasteiger charge is 2.27. The third kappa shape index (κ3) is 6.61. The van der Waals surface area contributed by atoms with E-state index in [0.29, 0.717) is 23.6 Å². The zero-order chi connectivity index (χ0) is 27.4. The largest absolute Gasteiger partial charge is 0.395 e. The molecule has 4 heterocycles. The molecular weight excluding hydrogens is 509 g/mol. The molecule has 1 aromatic carbocycles.